The van der Waals surface area contributed by atoms with Crippen LogP contribution in [0.1, 0.15) is 11.8 Å². The molecule has 1 aromatic heterocycles. The molecular weight excluding hydrogens is 448 g/mol. The quantitative estimate of drug-likeness (QED) is 0.603. The maximum absolute atomic E-state index is 12.5. The molecular formula is C19H15ClN4O4S2. The standard InChI is InChI=1S/C19H15ClN4O4S2/c1-2-24-18(26)16(15-13-9-10(20)3-8-14(13)23-17(15)25)29-19(24)22-11-4-6-12(7-5-11)30(21,27)28/h3-9,26H,2H2,1H3,(H2,21,27,28). The number of hydrogen-bond donors (Lipinski definition) is 2. The van der Waals surface area contributed by atoms with Crippen molar-refractivity contribution in [3.05, 3.63) is 67.7 Å². The Morgan fingerprint density at radius 2 is 1.93 bits per heavy atom. The fraction of sp³-hybridized carbons (Fsp3) is 0.105. The summed E-state index contributed by atoms with van der Waals surface area (Å²) < 4.78 is 24.4. The summed E-state index contributed by atoms with van der Waals surface area (Å²) in [5.74, 6) is -0.565. The van der Waals surface area contributed by atoms with Gasteiger partial charge in [-0.15, -0.1) is 0 Å². The minimum Gasteiger partial charge on any atom is -0.493 e. The van der Waals surface area contributed by atoms with E-state index in [4.69, 9.17) is 16.7 Å². The molecule has 154 valence electrons. The van der Waals surface area contributed by atoms with Crippen molar-refractivity contribution in [2.24, 2.45) is 15.1 Å². The summed E-state index contributed by atoms with van der Waals surface area (Å²) in [5.41, 5.74) is 0.733. The van der Waals surface area contributed by atoms with E-state index in [1.54, 1.807) is 22.8 Å². The van der Waals surface area contributed by atoms with Gasteiger partial charge in [0, 0.05) is 16.8 Å². The second kappa shape index (κ2) is 7.47. The molecule has 0 saturated heterocycles. The average Bonchev–Trinajstić information content (AvgIpc) is 3.16. The largest absolute Gasteiger partial charge is 0.493 e. The monoisotopic (exact) mass is 462 g/mol. The van der Waals surface area contributed by atoms with Gasteiger partial charge in [-0.25, -0.2) is 23.5 Å². The van der Waals surface area contributed by atoms with Gasteiger partial charge in [-0.05, 0) is 49.4 Å². The highest BCUT2D eigenvalue weighted by molar-refractivity contribution is 7.89. The Balaban J connectivity index is 1.91. The Morgan fingerprint density at radius 3 is 2.57 bits per heavy atom. The van der Waals surface area contributed by atoms with Crippen LogP contribution in [0.2, 0.25) is 5.02 Å². The van der Waals surface area contributed by atoms with Crippen molar-refractivity contribution in [3.8, 4) is 5.88 Å². The van der Waals surface area contributed by atoms with Crippen molar-refractivity contribution in [3.63, 3.8) is 0 Å². The zero-order valence-electron chi connectivity index (χ0n) is 15.5. The van der Waals surface area contributed by atoms with Gasteiger partial charge in [-0.3, -0.25) is 9.36 Å². The maximum atomic E-state index is 12.5. The second-order valence-corrected chi connectivity index (χ2v) is 9.36. The summed E-state index contributed by atoms with van der Waals surface area (Å²) in [7, 11) is -3.80. The van der Waals surface area contributed by atoms with Crippen LogP contribution in [0.3, 0.4) is 0 Å². The first kappa shape index (κ1) is 20.5. The molecule has 0 spiro atoms. The Labute approximate surface area is 180 Å². The highest BCUT2D eigenvalue weighted by Crippen LogP contribution is 2.29. The van der Waals surface area contributed by atoms with Crippen molar-refractivity contribution >= 4 is 50.1 Å². The summed E-state index contributed by atoms with van der Waals surface area (Å²) in [6, 6.07) is 10.7. The molecule has 1 amide bonds. The number of fused-ring (bicyclic) bond motifs is 1. The molecule has 2 heterocycles. The predicted octanol–water partition coefficient (Wildman–Crippen LogP) is 1.17. The number of halogens is 1. The van der Waals surface area contributed by atoms with Crippen molar-refractivity contribution in [1.82, 2.24) is 4.57 Å². The van der Waals surface area contributed by atoms with E-state index in [9.17, 15) is 18.3 Å². The normalized spacial score (nSPS) is 14.2. The molecule has 0 atom stereocenters. The molecule has 8 nitrogen and oxygen atoms in total. The van der Waals surface area contributed by atoms with E-state index in [1.165, 1.54) is 24.3 Å². The zero-order valence-corrected chi connectivity index (χ0v) is 17.9. The Kier molecular flexibility index (Phi) is 5.10. The lowest BCUT2D eigenvalue weighted by Crippen LogP contribution is -2.22. The van der Waals surface area contributed by atoms with Gasteiger partial charge in [-0.1, -0.05) is 22.9 Å². The van der Waals surface area contributed by atoms with Crippen LogP contribution in [0.15, 0.2) is 57.3 Å². The Hall–Kier alpha value is -2.79. The van der Waals surface area contributed by atoms with Gasteiger partial charge in [0.2, 0.25) is 15.9 Å². The van der Waals surface area contributed by atoms with E-state index < -0.39 is 15.9 Å². The van der Waals surface area contributed by atoms with E-state index in [2.05, 4.69) is 9.98 Å². The molecule has 0 fully saturated rings. The van der Waals surface area contributed by atoms with Crippen molar-refractivity contribution < 1.29 is 18.3 Å². The third kappa shape index (κ3) is 3.58. The van der Waals surface area contributed by atoms with Crippen LogP contribution in [0.4, 0.5) is 5.69 Å². The van der Waals surface area contributed by atoms with E-state index in [0.717, 1.165) is 11.3 Å². The number of carbonyl (C=O) groups excluding carboxylic acids is 1. The van der Waals surface area contributed by atoms with E-state index >= 15 is 0 Å². The Morgan fingerprint density at radius 1 is 1.23 bits per heavy atom. The predicted molar refractivity (Wildman–Crippen MR) is 112 cm³/mol. The second-order valence-electron chi connectivity index (χ2n) is 6.39. The van der Waals surface area contributed by atoms with Crippen LogP contribution in [-0.4, -0.2) is 24.0 Å². The topological polar surface area (TPSA) is 127 Å². The van der Waals surface area contributed by atoms with Gasteiger partial charge in [0.1, 0.15) is 4.88 Å². The number of nitrogens with zero attached hydrogens (tertiary/aromatic N) is 3. The minimum atomic E-state index is -3.80. The number of hydrogen-bond acceptors (Lipinski definition) is 6. The summed E-state index contributed by atoms with van der Waals surface area (Å²) in [5, 5.41) is 17.4. The molecule has 3 N–H and O–H groups in total. The van der Waals surface area contributed by atoms with Crippen molar-refractivity contribution in [2.45, 2.75) is 18.4 Å². The van der Waals surface area contributed by atoms with Crippen LogP contribution in [0.25, 0.3) is 5.57 Å². The molecule has 0 saturated carbocycles. The molecule has 0 bridgehead atoms. The molecule has 0 unspecified atom stereocenters. The highest BCUT2D eigenvalue weighted by Gasteiger charge is 2.25. The number of benzene rings is 2. The van der Waals surface area contributed by atoms with Gasteiger partial charge >= 0.3 is 0 Å². The fourth-order valence-corrected chi connectivity index (χ4v) is 4.91. The van der Waals surface area contributed by atoms with E-state index in [-0.39, 0.29) is 16.3 Å². The minimum absolute atomic E-state index is 0.0262. The van der Waals surface area contributed by atoms with Crippen LogP contribution in [-0.2, 0) is 21.4 Å². The zero-order chi connectivity index (χ0) is 21.6. The summed E-state index contributed by atoms with van der Waals surface area (Å²) in [4.78, 5) is 21.8. The molecule has 2 aromatic carbocycles. The molecule has 1 aliphatic rings. The molecule has 0 aliphatic carbocycles. The Bertz CT molecular complexity index is 1490. The van der Waals surface area contributed by atoms with E-state index in [1.807, 2.05) is 6.92 Å². The lowest BCUT2D eigenvalue weighted by molar-refractivity contribution is -0.112. The molecule has 30 heavy (non-hydrogen) atoms. The summed E-state index contributed by atoms with van der Waals surface area (Å²) in [6.07, 6.45) is 0. The third-order valence-electron chi connectivity index (χ3n) is 4.48. The lowest BCUT2D eigenvalue weighted by atomic mass is 10.1. The average molecular weight is 463 g/mol. The third-order valence-corrected chi connectivity index (χ3v) is 6.73. The fourth-order valence-electron chi connectivity index (χ4n) is 3.06. The molecule has 0 radical (unpaired) electrons. The van der Waals surface area contributed by atoms with Gasteiger partial charge < -0.3 is 5.11 Å². The number of nitrogens with two attached hydrogens (primary N) is 1. The number of amides is 1. The number of aromatic hydroxyl groups is 1. The number of carbonyl (C=O) groups is 1. The number of thiazole rings is 1. The number of aromatic nitrogens is 1. The lowest BCUT2D eigenvalue weighted by Gasteiger charge is -2.02. The van der Waals surface area contributed by atoms with Gasteiger partial charge in [0.05, 0.1) is 21.5 Å². The first-order valence-electron chi connectivity index (χ1n) is 8.72. The van der Waals surface area contributed by atoms with Crippen LogP contribution >= 0.6 is 22.9 Å². The van der Waals surface area contributed by atoms with Crippen molar-refractivity contribution in [2.75, 3.05) is 0 Å². The first-order valence-corrected chi connectivity index (χ1v) is 11.5. The van der Waals surface area contributed by atoms with Gasteiger partial charge in [0.15, 0.2) is 4.80 Å². The van der Waals surface area contributed by atoms with Gasteiger partial charge in [0.25, 0.3) is 5.91 Å². The maximum Gasteiger partial charge on any atom is 0.279 e. The van der Waals surface area contributed by atoms with E-state index in [0.29, 0.717) is 37.5 Å². The SMILES string of the molecule is CCn1c(O)c(C2=c3cc(Cl)ccc3=NC2=O)sc1=Nc1ccc(S(N)(=O)=O)cc1. The number of rotatable bonds is 4. The summed E-state index contributed by atoms with van der Waals surface area (Å²) >= 11 is 7.21. The summed E-state index contributed by atoms with van der Waals surface area (Å²) in [6.45, 7) is 2.23. The molecule has 11 heteroatoms. The highest BCUT2D eigenvalue weighted by atomic mass is 35.5. The van der Waals surface area contributed by atoms with Crippen LogP contribution < -0.4 is 20.5 Å². The molecule has 1 aliphatic heterocycles. The van der Waals surface area contributed by atoms with Crippen LogP contribution in [0, 0.1) is 0 Å². The van der Waals surface area contributed by atoms with Gasteiger partial charge in [-0.2, -0.15) is 0 Å². The molecule has 4 rings (SSSR count). The van der Waals surface area contributed by atoms with Crippen molar-refractivity contribution in [1.29, 1.82) is 0 Å². The number of primary sulfonamides is 1. The van der Waals surface area contributed by atoms with Crippen LogP contribution in [0.5, 0.6) is 5.88 Å². The smallest absolute Gasteiger partial charge is 0.279 e. The first-order chi connectivity index (χ1) is 14.2. The molecule has 3 aromatic rings. The number of sulfonamides is 1.